The summed E-state index contributed by atoms with van der Waals surface area (Å²) in [7, 11) is 0. The van der Waals surface area contributed by atoms with Crippen molar-refractivity contribution in [1.82, 2.24) is 5.32 Å². The molecule has 5 heteroatoms. The van der Waals surface area contributed by atoms with E-state index in [1.54, 1.807) is 0 Å². The number of aliphatic carboxylic acids is 1. The number of hydrogen-bond acceptors (Lipinski definition) is 3. The van der Waals surface area contributed by atoms with E-state index >= 15 is 0 Å². The first-order valence-electron chi connectivity index (χ1n) is 14.0. The number of unbranched alkanes of at least 4 members (excludes halogenated alkanes) is 3. The van der Waals surface area contributed by atoms with Crippen LogP contribution in [-0.2, 0) is 9.59 Å². The van der Waals surface area contributed by atoms with E-state index in [4.69, 9.17) is 5.11 Å². The monoisotopic (exact) mass is 473 g/mol. The van der Waals surface area contributed by atoms with E-state index in [-0.39, 0.29) is 35.2 Å². The Morgan fingerprint density at radius 3 is 2.59 bits per heavy atom. The second kappa shape index (κ2) is 10.3. The van der Waals surface area contributed by atoms with Gasteiger partial charge in [-0.2, -0.15) is 0 Å². The van der Waals surface area contributed by atoms with Crippen LogP contribution < -0.4 is 5.32 Å². The predicted octanol–water partition coefficient (Wildman–Crippen LogP) is 5.71. The van der Waals surface area contributed by atoms with Gasteiger partial charge >= 0.3 is 5.97 Å². The lowest BCUT2D eigenvalue weighted by molar-refractivity contribution is -0.137. The standard InChI is InChI=1S/C29H47NO4/c1-19(27(34)30-17-7-5-4-6-8-26(32)33)23-11-12-24-22-10-9-20-18-21(31)13-15-28(20,2)25(22)14-16-29(23,24)3/h9,19,21-25,31H,4-8,10-18H2,1-3H3,(H,30,34)(H,32,33)/t19-,21-,22-,23+,24-,25-,28-,29+/m0/s1. The van der Waals surface area contributed by atoms with Gasteiger partial charge in [-0.1, -0.05) is 45.3 Å². The first-order valence-corrected chi connectivity index (χ1v) is 14.0. The van der Waals surface area contributed by atoms with E-state index in [2.05, 4.69) is 32.2 Å². The largest absolute Gasteiger partial charge is 0.481 e. The van der Waals surface area contributed by atoms with Crippen molar-refractivity contribution in [2.75, 3.05) is 6.54 Å². The van der Waals surface area contributed by atoms with Gasteiger partial charge in [0.05, 0.1) is 6.10 Å². The van der Waals surface area contributed by atoms with E-state index < -0.39 is 5.97 Å². The number of allylic oxidation sites excluding steroid dienone is 1. The molecule has 1 amide bonds. The summed E-state index contributed by atoms with van der Waals surface area (Å²) in [6.45, 7) is 7.82. The average Bonchev–Trinajstić information content (AvgIpc) is 3.15. The van der Waals surface area contributed by atoms with Crippen molar-refractivity contribution in [2.24, 2.45) is 40.4 Å². The molecule has 0 saturated heterocycles. The molecular weight excluding hydrogens is 426 g/mol. The van der Waals surface area contributed by atoms with Gasteiger partial charge in [0.2, 0.25) is 5.91 Å². The molecule has 4 aliphatic rings. The Bertz CT molecular complexity index is 793. The molecule has 3 saturated carbocycles. The fraction of sp³-hybridized carbons (Fsp3) is 0.862. The molecule has 0 aromatic rings. The first kappa shape index (κ1) is 25.7. The maximum atomic E-state index is 13.1. The number of fused-ring (bicyclic) bond motifs is 5. The Morgan fingerprint density at radius 2 is 1.82 bits per heavy atom. The smallest absolute Gasteiger partial charge is 0.303 e. The Kier molecular flexibility index (Phi) is 7.81. The van der Waals surface area contributed by atoms with Crippen molar-refractivity contribution >= 4 is 11.9 Å². The van der Waals surface area contributed by atoms with Crippen LogP contribution in [0.2, 0.25) is 0 Å². The van der Waals surface area contributed by atoms with E-state index in [0.29, 0.717) is 18.4 Å². The number of rotatable bonds is 9. The summed E-state index contributed by atoms with van der Waals surface area (Å²) in [5.74, 6) is 2.17. The summed E-state index contributed by atoms with van der Waals surface area (Å²) in [5.41, 5.74) is 2.06. The number of aliphatic hydroxyl groups is 1. The van der Waals surface area contributed by atoms with Crippen LogP contribution in [0.25, 0.3) is 0 Å². The lowest BCUT2D eigenvalue weighted by Gasteiger charge is -2.58. The van der Waals surface area contributed by atoms with Crippen LogP contribution in [0.3, 0.4) is 0 Å². The zero-order valence-corrected chi connectivity index (χ0v) is 21.7. The minimum Gasteiger partial charge on any atom is -0.481 e. The highest BCUT2D eigenvalue weighted by Gasteiger charge is 2.59. The molecule has 8 atom stereocenters. The summed E-state index contributed by atoms with van der Waals surface area (Å²) < 4.78 is 0. The van der Waals surface area contributed by atoms with Crippen molar-refractivity contribution in [2.45, 2.75) is 110 Å². The minimum atomic E-state index is -0.726. The summed E-state index contributed by atoms with van der Waals surface area (Å²) in [5, 5.41) is 22.1. The molecule has 192 valence electrons. The van der Waals surface area contributed by atoms with E-state index in [1.807, 2.05) is 0 Å². The van der Waals surface area contributed by atoms with E-state index in [9.17, 15) is 14.7 Å². The second-order valence-electron chi connectivity index (χ2n) is 12.5. The van der Waals surface area contributed by atoms with E-state index in [0.717, 1.165) is 63.2 Å². The molecule has 4 rings (SSSR count). The topological polar surface area (TPSA) is 86.6 Å². The van der Waals surface area contributed by atoms with Crippen LogP contribution in [0, 0.1) is 40.4 Å². The molecule has 3 fully saturated rings. The molecule has 3 N–H and O–H groups in total. The number of carboxylic acid groups (broad SMARTS) is 1. The van der Waals surface area contributed by atoms with Gasteiger partial charge in [0.1, 0.15) is 0 Å². The number of carboxylic acids is 1. The SMILES string of the molecule is C[C@H](C(=O)NCCCCCCC(=O)O)[C@H]1CC[C@H]2[C@@H]3CC=C4C[C@@H](O)CC[C@]4(C)[C@H]3CC[C@]12C. The van der Waals surface area contributed by atoms with Crippen molar-refractivity contribution < 1.29 is 19.8 Å². The van der Waals surface area contributed by atoms with Gasteiger partial charge in [-0.25, -0.2) is 0 Å². The van der Waals surface area contributed by atoms with Crippen LogP contribution >= 0.6 is 0 Å². The molecule has 0 aromatic carbocycles. The lowest BCUT2D eigenvalue weighted by atomic mass is 9.47. The van der Waals surface area contributed by atoms with Crippen LogP contribution in [0.1, 0.15) is 104 Å². The predicted molar refractivity (Wildman–Crippen MR) is 134 cm³/mol. The van der Waals surface area contributed by atoms with Crippen LogP contribution in [0.15, 0.2) is 11.6 Å². The van der Waals surface area contributed by atoms with Gasteiger partial charge < -0.3 is 15.5 Å². The maximum Gasteiger partial charge on any atom is 0.303 e. The average molecular weight is 474 g/mol. The third-order valence-electron chi connectivity index (χ3n) is 10.8. The summed E-state index contributed by atoms with van der Waals surface area (Å²) in [4.78, 5) is 23.7. The summed E-state index contributed by atoms with van der Waals surface area (Å²) in [6, 6.07) is 0. The molecule has 0 radical (unpaired) electrons. The van der Waals surface area contributed by atoms with Gasteiger partial charge in [0.25, 0.3) is 0 Å². The molecule has 0 aliphatic heterocycles. The van der Waals surface area contributed by atoms with Crippen LogP contribution in [0.4, 0.5) is 0 Å². The van der Waals surface area contributed by atoms with Gasteiger partial charge in [0.15, 0.2) is 0 Å². The Labute approximate surface area is 206 Å². The van der Waals surface area contributed by atoms with Crippen molar-refractivity contribution in [3.63, 3.8) is 0 Å². The number of aliphatic hydroxyl groups excluding tert-OH is 1. The van der Waals surface area contributed by atoms with Crippen LogP contribution in [-0.4, -0.2) is 34.7 Å². The van der Waals surface area contributed by atoms with Crippen molar-refractivity contribution in [3.05, 3.63) is 11.6 Å². The highest BCUT2D eigenvalue weighted by molar-refractivity contribution is 5.78. The maximum absolute atomic E-state index is 13.1. The quantitative estimate of drug-likeness (QED) is 0.295. The zero-order chi connectivity index (χ0) is 24.5. The number of carbonyl (C=O) groups is 2. The molecule has 34 heavy (non-hydrogen) atoms. The summed E-state index contributed by atoms with van der Waals surface area (Å²) in [6.07, 6.45) is 15.2. The normalized spacial score (nSPS) is 39.9. The van der Waals surface area contributed by atoms with Crippen molar-refractivity contribution in [3.8, 4) is 0 Å². The fourth-order valence-corrected chi connectivity index (χ4v) is 8.81. The zero-order valence-electron chi connectivity index (χ0n) is 21.7. The van der Waals surface area contributed by atoms with Gasteiger partial charge in [-0.15, -0.1) is 0 Å². The van der Waals surface area contributed by atoms with Gasteiger partial charge in [-0.05, 0) is 98.7 Å². The van der Waals surface area contributed by atoms with E-state index in [1.165, 1.54) is 31.3 Å². The highest BCUT2D eigenvalue weighted by Crippen LogP contribution is 2.67. The van der Waals surface area contributed by atoms with Crippen LogP contribution in [0.5, 0.6) is 0 Å². The Morgan fingerprint density at radius 1 is 1.06 bits per heavy atom. The minimum absolute atomic E-state index is 0.0497. The lowest BCUT2D eigenvalue weighted by Crippen LogP contribution is -2.51. The number of nitrogens with one attached hydrogen (secondary N) is 1. The van der Waals surface area contributed by atoms with Crippen molar-refractivity contribution in [1.29, 1.82) is 0 Å². The molecule has 0 unspecified atom stereocenters. The highest BCUT2D eigenvalue weighted by atomic mass is 16.4. The third-order valence-corrected chi connectivity index (χ3v) is 10.8. The molecule has 5 nitrogen and oxygen atoms in total. The third kappa shape index (κ3) is 4.83. The molecule has 4 aliphatic carbocycles. The molecule has 0 heterocycles. The van der Waals surface area contributed by atoms with Gasteiger partial charge in [-0.3, -0.25) is 9.59 Å². The summed E-state index contributed by atoms with van der Waals surface area (Å²) >= 11 is 0. The number of amides is 1. The molecule has 0 spiro atoms. The van der Waals surface area contributed by atoms with Gasteiger partial charge in [0, 0.05) is 18.9 Å². The molecule has 0 aromatic heterocycles. The molecular formula is C29H47NO4. The first-order chi connectivity index (χ1) is 16.2. The fourth-order valence-electron chi connectivity index (χ4n) is 8.81. The Hall–Kier alpha value is -1.36. The second-order valence-corrected chi connectivity index (χ2v) is 12.5. The number of hydrogen-bond donors (Lipinski definition) is 3. The molecule has 0 bridgehead atoms. The Balaban J connectivity index is 1.32. The number of carbonyl (C=O) groups excluding carboxylic acids is 1.